The zero-order valence-corrected chi connectivity index (χ0v) is 19.1. The lowest BCUT2D eigenvalue weighted by atomic mass is 9.99. The molecule has 1 saturated heterocycles. The van der Waals surface area contributed by atoms with Crippen molar-refractivity contribution in [2.75, 3.05) is 27.2 Å². The highest BCUT2D eigenvalue weighted by molar-refractivity contribution is 5.86. The fraction of sp³-hybridized carbons (Fsp3) is 0.333. The number of carbonyl (C=O) groups excluding carboxylic acids is 2. The van der Waals surface area contributed by atoms with Gasteiger partial charge in [-0.15, -0.1) is 0 Å². The molecule has 0 aliphatic carbocycles. The Morgan fingerprint density at radius 3 is 2.41 bits per heavy atom. The Bertz CT molecular complexity index is 1170. The average molecular weight is 438 g/mol. The standard InChI is InChI=1S/C16H12FN3O.C8H16N2O/c1-10(2)14-7-15(11-3-5-12(17)6-4-11)19-20-8-13(9-21)18-16(14)20;1-8(2)7(11)9(3)5-6-10(8)4/h3-9H,1H2,2H3;5-6H2,1-4H3. The molecule has 8 heteroatoms. The first-order valence-corrected chi connectivity index (χ1v) is 10.3. The van der Waals surface area contributed by atoms with Crippen molar-refractivity contribution < 1.29 is 14.0 Å². The van der Waals surface area contributed by atoms with Gasteiger partial charge in [-0.25, -0.2) is 13.9 Å². The molecular formula is C24H28FN5O2. The molecule has 1 aromatic carbocycles. The van der Waals surface area contributed by atoms with Gasteiger partial charge in [0.05, 0.1) is 17.4 Å². The number of rotatable bonds is 3. The van der Waals surface area contributed by atoms with Gasteiger partial charge < -0.3 is 4.90 Å². The Kier molecular flexibility index (Phi) is 6.55. The van der Waals surface area contributed by atoms with E-state index in [0.717, 1.165) is 29.8 Å². The van der Waals surface area contributed by atoms with Gasteiger partial charge in [0.25, 0.3) is 0 Å². The van der Waals surface area contributed by atoms with Crippen LogP contribution in [0.5, 0.6) is 0 Å². The van der Waals surface area contributed by atoms with E-state index in [9.17, 15) is 14.0 Å². The van der Waals surface area contributed by atoms with Crippen LogP contribution in [0.15, 0.2) is 43.1 Å². The van der Waals surface area contributed by atoms with Crippen molar-refractivity contribution in [1.82, 2.24) is 24.4 Å². The molecule has 7 nitrogen and oxygen atoms in total. The number of likely N-dealkylation sites (N-methyl/N-ethyl adjacent to an activating group) is 2. The van der Waals surface area contributed by atoms with Gasteiger partial charge in [-0.05, 0) is 63.7 Å². The van der Waals surface area contributed by atoms with Crippen molar-refractivity contribution >= 4 is 23.4 Å². The van der Waals surface area contributed by atoms with Gasteiger partial charge in [-0.1, -0.05) is 6.58 Å². The summed E-state index contributed by atoms with van der Waals surface area (Å²) in [5.74, 6) is -0.0860. The van der Waals surface area contributed by atoms with Crippen molar-refractivity contribution in [1.29, 1.82) is 0 Å². The fourth-order valence-corrected chi connectivity index (χ4v) is 3.44. The Hall–Kier alpha value is -3.39. The summed E-state index contributed by atoms with van der Waals surface area (Å²) in [6, 6.07) is 7.91. The largest absolute Gasteiger partial charge is 0.343 e. The Morgan fingerprint density at radius 2 is 1.84 bits per heavy atom. The number of allylic oxidation sites excluding steroid dienone is 1. The predicted octanol–water partition coefficient (Wildman–Crippen LogP) is 3.55. The zero-order valence-electron chi connectivity index (χ0n) is 19.1. The summed E-state index contributed by atoms with van der Waals surface area (Å²) in [5.41, 5.74) is 3.63. The summed E-state index contributed by atoms with van der Waals surface area (Å²) < 4.78 is 14.6. The number of halogens is 1. The van der Waals surface area contributed by atoms with Crippen LogP contribution in [0.2, 0.25) is 0 Å². The molecule has 3 heterocycles. The summed E-state index contributed by atoms with van der Waals surface area (Å²) in [6.07, 6.45) is 2.23. The van der Waals surface area contributed by atoms with Gasteiger partial charge in [0, 0.05) is 31.3 Å². The SMILES string of the molecule is C=C(C)c1cc(-c2ccc(F)cc2)nn2cc(C=O)nc12.CN1CCN(C)C(C)(C)C1=O. The molecule has 0 atom stereocenters. The number of benzene rings is 1. The zero-order chi connectivity index (χ0) is 23.6. The highest BCUT2D eigenvalue weighted by Gasteiger charge is 2.37. The summed E-state index contributed by atoms with van der Waals surface area (Å²) in [4.78, 5) is 30.5. The third kappa shape index (κ3) is 4.60. The molecule has 4 rings (SSSR count). The summed E-state index contributed by atoms with van der Waals surface area (Å²) in [7, 11) is 3.85. The number of aromatic nitrogens is 3. The van der Waals surface area contributed by atoms with Crippen molar-refractivity contribution in [2.24, 2.45) is 0 Å². The molecular weight excluding hydrogens is 409 g/mol. The molecule has 2 aromatic heterocycles. The van der Waals surface area contributed by atoms with Gasteiger partial charge in [0.15, 0.2) is 11.9 Å². The van der Waals surface area contributed by atoms with Gasteiger partial charge in [0.1, 0.15) is 11.5 Å². The summed E-state index contributed by atoms with van der Waals surface area (Å²) in [6.45, 7) is 11.5. The topological polar surface area (TPSA) is 70.8 Å². The van der Waals surface area contributed by atoms with E-state index in [-0.39, 0.29) is 17.3 Å². The number of fused-ring (bicyclic) bond motifs is 1. The normalized spacial score (nSPS) is 15.9. The van der Waals surface area contributed by atoms with Crippen LogP contribution in [0.25, 0.3) is 22.5 Å². The van der Waals surface area contributed by atoms with Crippen LogP contribution in [0, 0.1) is 5.82 Å². The van der Waals surface area contributed by atoms with Crippen LogP contribution in [-0.4, -0.2) is 69.3 Å². The number of imidazole rings is 1. The van der Waals surface area contributed by atoms with E-state index < -0.39 is 0 Å². The molecule has 1 amide bonds. The summed E-state index contributed by atoms with van der Waals surface area (Å²) in [5, 5.41) is 4.42. The Labute approximate surface area is 187 Å². The number of hydrogen-bond donors (Lipinski definition) is 0. The van der Waals surface area contributed by atoms with Crippen LogP contribution in [0.1, 0.15) is 36.8 Å². The van der Waals surface area contributed by atoms with E-state index in [1.165, 1.54) is 12.1 Å². The fourth-order valence-electron chi connectivity index (χ4n) is 3.44. The predicted molar refractivity (Wildman–Crippen MR) is 123 cm³/mol. The molecule has 32 heavy (non-hydrogen) atoms. The van der Waals surface area contributed by atoms with E-state index in [1.54, 1.807) is 27.7 Å². The molecule has 168 valence electrons. The monoisotopic (exact) mass is 437 g/mol. The lowest BCUT2D eigenvalue weighted by Crippen LogP contribution is -2.60. The molecule has 1 aliphatic heterocycles. The lowest BCUT2D eigenvalue weighted by molar-refractivity contribution is -0.145. The van der Waals surface area contributed by atoms with Gasteiger partial charge >= 0.3 is 0 Å². The number of carbonyl (C=O) groups is 2. The van der Waals surface area contributed by atoms with E-state index in [4.69, 9.17) is 0 Å². The number of aldehydes is 1. The highest BCUT2D eigenvalue weighted by atomic mass is 19.1. The van der Waals surface area contributed by atoms with Crippen molar-refractivity contribution in [3.8, 4) is 11.3 Å². The van der Waals surface area contributed by atoms with E-state index >= 15 is 0 Å². The first kappa shape index (κ1) is 23.3. The Balaban J connectivity index is 0.000000222. The van der Waals surface area contributed by atoms with Gasteiger partial charge in [-0.2, -0.15) is 5.10 Å². The minimum absolute atomic E-state index is 0.214. The second kappa shape index (κ2) is 9.00. The van der Waals surface area contributed by atoms with Crippen LogP contribution in [0.3, 0.4) is 0 Å². The van der Waals surface area contributed by atoms with Crippen molar-refractivity contribution in [2.45, 2.75) is 26.3 Å². The maximum Gasteiger partial charge on any atom is 0.242 e. The smallest absolute Gasteiger partial charge is 0.242 e. The molecule has 3 aromatic rings. The molecule has 0 N–H and O–H groups in total. The molecule has 0 radical (unpaired) electrons. The van der Waals surface area contributed by atoms with Crippen LogP contribution in [-0.2, 0) is 4.79 Å². The van der Waals surface area contributed by atoms with Crippen molar-refractivity contribution in [3.05, 3.63) is 60.2 Å². The highest BCUT2D eigenvalue weighted by Crippen LogP contribution is 2.24. The minimum atomic E-state index is -0.312. The van der Waals surface area contributed by atoms with Crippen LogP contribution >= 0.6 is 0 Å². The first-order valence-electron chi connectivity index (χ1n) is 10.3. The maximum absolute atomic E-state index is 13.0. The molecule has 0 spiro atoms. The number of nitrogens with zero attached hydrogens (tertiary/aromatic N) is 5. The second-order valence-electron chi connectivity index (χ2n) is 8.49. The van der Waals surface area contributed by atoms with E-state index in [2.05, 4.69) is 21.6 Å². The molecule has 1 fully saturated rings. The van der Waals surface area contributed by atoms with Crippen LogP contribution in [0.4, 0.5) is 4.39 Å². The van der Waals surface area contributed by atoms with Gasteiger partial charge in [-0.3, -0.25) is 14.5 Å². The first-order chi connectivity index (χ1) is 15.0. The molecule has 0 saturated carbocycles. The number of amides is 1. The quantitative estimate of drug-likeness (QED) is 0.586. The lowest BCUT2D eigenvalue weighted by Gasteiger charge is -2.42. The maximum atomic E-state index is 13.0. The van der Waals surface area contributed by atoms with E-state index in [0.29, 0.717) is 23.3 Å². The average Bonchev–Trinajstić information content (AvgIpc) is 3.19. The second-order valence-corrected chi connectivity index (χ2v) is 8.49. The minimum Gasteiger partial charge on any atom is -0.343 e. The molecule has 0 bridgehead atoms. The van der Waals surface area contributed by atoms with E-state index in [1.807, 2.05) is 40.9 Å². The summed E-state index contributed by atoms with van der Waals surface area (Å²) >= 11 is 0. The third-order valence-corrected chi connectivity index (χ3v) is 5.76. The van der Waals surface area contributed by atoms with Crippen molar-refractivity contribution in [3.63, 3.8) is 0 Å². The van der Waals surface area contributed by atoms with Gasteiger partial charge in [0.2, 0.25) is 5.91 Å². The van der Waals surface area contributed by atoms with Crippen LogP contribution < -0.4 is 0 Å². The third-order valence-electron chi connectivity index (χ3n) is 5.76. The number of piperazine rings is 1. The molecule has 0 unspecified atom stereocenters. The molecule has 1 aliphatic rings. The number of hydrogen-bond acceptors (Lipinski definition) is 5. The Morgan fingerprint density at radius 1 is 1.19 bits per heavy atom.